The van der Waals surface area contributed by atoms with Gasteiger partial charge in [-0.2, -0.15) is 0 Å². The first-order valence-electron chi connectivity index (χ1n) is 8.16. The highest BCUT2D eigenvalue weighted by molar-refractivity contribution is 6.03. The summed E-state index contributed by atoms with van der Waals surface area (Å²) in [6.45, 7) is 2.88. The second-order valence-corrected chi connectivity index (χ2v) is 5.80. The zero-order chi connectivity index (χ0) is 19.4. The number of rotatable bonds is 5. The summed E-state index contributed by atoms with van der Waals surface area (Å²) >= 11 is 0. The smallest absolute Gasteiger partial charge is 0.341 e. The standard InChI is InChI=1S/C19H17N3O5/c1-11(18(24)22-14-8-6-13(7-9-14)21-12(2)23)27-19(25)15-4-3-5-16-17(15)20-10-26-16/h3-11H,1-2H3,(H,21,23)(H,22,24). The molecule has 1 aromatic heterocycles. The molecule has 3 rings (SSSR count). The van der Waals surface area contributed by atoms with E-state index in [9.17, 15) is 14.4 Å². The number of carbonyl (C=O) groups excluding carboxylic acids is 3. The molecule has 1 unspecified atom stereocenters. The van der Waals surface area contributed by atoms with Crippen LogP contribution in [0, 0.1) is 0 Å². The van der Waals surface area contributed by atoms with E-state index in [-0.39, 0.29) is 11.5 Å². The Labute approximate surface area is 154 Å². The fourth-order valence-corrected chi connectivity index (χ4v) is 2.41. The number of esters is 1. The van der Waals surface area contributed by atoms with E-state index in [1.807, 2.05) is 0 Å². The average Bonchev–Trinajstić information content (AvgIpc) is 3.11. The van der Waals surface area contributed by atoms with E-state index in [0.717, 1.165) is 0 Å². The predicted molar refractivity (Wildman–Crippen MR) is 98.3 cm³/mol. The molecule has 0 aliphatic carbocycles. The molecule has 0 aliphatic rings. The fourth-order valence-electron chi connectivity index (χ4n) is 2.41. The molecule has 8 nitrogen and oxygen atoms in total. The molecule has 0 radical (unpaired) electrons. The second kappa shape index (κ2) is 7.69. The molecule has 0 saturated carbocycles. The number of carbonyl (C=O) groups is 3. The molecular formula is C19H17N3O5. The van der Waals surface area contributed by atoms with Gasteiger partial charge in [0.25, 0.3) is 5.91 Å². The van der Waals surface area contributed by atoms with E-state index in [0.29, 0.717) is 22.5 Å². The Hall–Kier alpha value is -3.68. The molecule has 0 bridgehead atoms. The predicted octanol–water partition coefficient (Wildman–Crippen LogP) is 2.97. The third-order valence-electron chi connectivity index (χ3n) is 3.71. The number of anilines is 2. The van der Waals surface area contributed by atoms with Gasteiger partial charge in [-0.25, -0.2) is 9.78 Å². The van der Waals surface area contributed by atoms with E-state index in [4.69, 9.17) is 9.15 Å². The highest BCUT2D eigenvalue weighted by atomic mass is 16.5. The third kappa shape index (κ3) is 4.30. The van der Waals surface area contributed by atoms with Gasteiger partial charge >= 0.3 is 5.97 Å². The van der Waals surface area contributed by atoms with Crippen molar-refractivity contribution in [1.82, 2.24) is 4.98 Å². The number of ether oxygens (including phenoxy) is 1. The van der Waals surface area contributed by atoms with Crippen molar-refractivity contribution >= 4 is 40.3 Å². The maximum absolute atomic E-state index is 12.3. The van der Waals surface area contributed by atoms with Crippen LogP contribution in [-0.4, -0.2) is 28.9 Å². The summed E-state index contributed by atoms with van der Waals surface area (Å²) in [5.41, 5.74) is 2.18. The molecule has 27 heavy (non-hydrogen) atoms. The number of nitrogens with one attached hydrogen (secondary N) is 2. The molecule has 2 N–H and O–H groups in total. The lowest BCUT2D eigenvalue weighted by molar-refractivity contribution is -0.123. The molecule has 0 spiro atoms. The number of aromatic nitrogens is 1. The number of oxazole rings is 1. The lowest BCUT2D eigenvalue weighted by atomic mass is 10.2. The number of para-hydroxylation sites is 1. The quantitative estimate of drug-likeness (QED) is 0.671. The summed E-state index contributed by atoms with van der Waals surface area (Å²) in [7, 11) is 0. The van der Waals surface area contributed by atoms with Gasteiger partial charge in [0.05, 0.1) is 5.56 Å². The van der Waals surface area contributed by atoms with Gasteiger partial charge in [-0.05, 0) is 43.3 Å². The van der Waals surface area contributed by atoms with Crippen LogP contribution in [-0.2, 0) is 14.3 Å². The summed E-state index contributed by atoms with van der Waals surface area (Å²) in [4.78, 5) is 39.6. The maximum atomic E-state index is 12.3. The zero-order valence-electron chi connectivity index (χ0n) is 14.7. The van der Waals surface area contributed by atoms with Crippen LogP contribution >= 0.6 is 0 Å². The van der Waals surface area contributed by atoms with E-state index in [2.05, 4.69) is 15.6 Å². The van der Waals surface area contributed by atoms with Crippen molar-refractivity contribution in [3.63, 3.8) is 0 Å². The molecule has 1 atom stereocenters. The van der Waals surface area contributed by atoms with Gasteiger partial charge in [0.1, 0.15) is 5.52 Å². The van der Waals surface area contributed by atoms with Gasteiger partial charge in [-0.15, -0.1) is 0 Å². The summed E-state index contributed by atoms with van der Waals surface area (Å²) in [6.07, 6.45) is 0.219. The minimum Gasteiger partial charge on any atom is -0.449 e. The van der Waals surface area contributed by atoms with Crippen molar-refractivity contribution in [2.75, 3.05) is 10.6 Å². The Bertz CT molecular complexity index is 994. The normalized spacial score (nSPS) is 11.6. The lowest BCUT2D eigenvalue weighted by Crippen LogP contribution is -2.30. The molecule has 2 aromatic carbocycles. The summed E-state index contributed by atoms with van der Waals surface area (Å²) in [5, 5.41) is 5.28. The Kier molecular flexibility index (Phi) is 5.16. The minimum absolute atomic E-state index is 0.186. The Balaban J connectivity index is 1.62. The number of nitrogens with zero attached hydrogens (tertiary/aromatic N) is 1. The van der Waals surface area contributed by atoms with Gasteiger partial charge in [-0.1, -0.05) is 6.07 Å². The Morgan fingerprint density at radius 2 is 1.70 bits per heavy atom. The molecule has 8 heteroatoms. The topological polar surface area (TPSA) is 111 Å². The summed E-state index contributed by atoms with van der Waals surface area (Å²) < 4.78 is 10.4. The van der Waals surface area contributed by atoms with Crippen LogP contribution < -0.4 is 10.6 Å². The Morgan fingerprint density at radius 1 is 1.04 bits per heavy atom. The third-order valence-corrected chi connectivity index (χ3v) is 3.71. The van der Waals surface area contributed by atoms with Crippen LogP contribution in [0.3, 0.4) is 0 Å². The van der Waals surface area contributed by atoms with E-state index in [1.54, 1.807) is 42.5 Å². The molecular weight excluding hydrogens is 350 g/mol. The second-order valence-electron chi connectivity index (χ2n) is 5.80. The minimum atomic E-state index is -1.02. The lowest BCUT2D eigenvalue weighted by Gasteiger charge is -2.14. The van der Waals surface area contributed by atoms with Gasteiger partial charge in [-0.3, -0.25) is 9.59 Å². The van der Waals surface area contributed by atoms with Crippen molar-refractivity contribution in [2.45, 2.75) is 20.0 Å². The van der Waals surface area contributed by atoms with Gasteiger partial charge in [0.2, 0.25) is 5.91 Å². The van der Waals surface area contributed by atoms with Crippen LogP contribution in [0.25, 0.3) is 11.1 Å². The van der Waals surface area contributed by atoms with Crippen LogP contribution in [0.4, 0.5) is 11.4 Å². The first kappa shape index (κ1) is 18.1. The monoisotopic (exact) mass is 367 g/mol. The van der Waals surface area contributed by atoms with Crippen LogP contribution in [0.1, 0.15) is 24.2 Å². The molecule has 2 amide bonds. The fraction of sp³-hybridized carbons (Fsp3) is 0.158. The summed E-state index contributed by atoms with van der Waals surface area (Å²) in [6, 6.07) is 11.4. The zero-order valence-corrected chi connectivity index (χ0v) is 14.7. The molecule has 0 saturated heterocycles. The van der Waals surface area contributed by atoms with Gasteiger partial charge < -0.3 is 19.8 Å². The highest BCUT2D eigenvalue weighted by Gasteiger charge is 2.21. The molecule has 0 aliphatic heterocycles. The summed E-state index contributed by atoms with van der Waals surface area (Å²) in [5.74, 6) is -1.34. The maximum Gasteiger partial charge on any atom is 0.341 e. The number of hydrogen-bond donors (Lipinski definition) is 2. The number of amides is 2. The van der Waals surface area contributed by atoms with Crippen LogP contribution in [0.5, 0.6) is 0 Å². The molecule has 0 fully saturated rings. The molecule has 1 heterocycles. The number of fused-ring (bicyclic) bond motifs is 1. The van der Waals surface area contributed by atoms with E-state index >= 15 is 0 Å². The molecule has 138 valence electrons. The van der Waals surface area contributed by atoms with Gasteiger partial charge in [0.15, 0.2) is 18.1 Å². The first-order chi connectivity index (χ1) is 12.9. The van der Waals surface area contributed by atoms with Crippen molar-refractivity contribution in [3.05, 3.63) is 54.4 Å². The molecule has 3 aromatic rings. The first-order valence-corrected chi connectivity index (χ1v) is 8.16. The average molecular weight is 367 g/mol. The van der Waals surface area contributed by atoms with Crippen molar-refractivity contribution in [3.8, 4) is 0 Å². The van der Waals surface area contributed by atoms with Crippen LogP contribution in [0.2, 0.25) is 0 Å². The number of hydrogen-bond acceptors (Lipinski definition) is 6. The van der Waals surface area contributed by atoms with Gasteiger partial charge in [0, 0.05) is 18.3 Å². The van der Waals surface area contributed by atoms with Crippen molar-refractivity contribution < 1.29 is 23.5 Å². The number of benzene rings is 2. The largest absolute Gasteiger partial charge is 0.449 e. The Morgan fingerprint density at radius 3 is 2.37 bits per heavy atom. The van der Waals surface area contributed by atoms with Crippen molar-refractivity contribution in [1.29, 1.82) is 0 Å². The van der Waals surface area contributed by atoms with Crippen LogP contribution in [0.15, 0.2) is 53.3 Å². The van der Waals surface area contributed by atoms with E-state index in [1.165, 1.54) is 20.2 Å². The van der Waals surface area contributed by atoms with E-state index < -0.39 is 18.0 Å². The van der Waals surface area contributed by atoms with Crippen molar-refractivity contribution in [2.24, 2.45) is 0 Å². The highest BCUT2D eigenvalue weighted by Crippen LogP contribution is 2.19. The SMILES string of the molecule is CC(=O)Nc1ccc(NC(=O)C(C)OC(=O)c2cccc3ocnc23)cc1.